The third-order valence-electron chi connectivity index (χ3n) is 4.05. The Morgan fingerprint density at radius 3 is 2.42 bits per heavy atom. The van der Waals surface area contributed by atoms with Gasteiger partial charge in [0.15, 0.2) is 0 Å². The maximum Gasteiger partial charge on any atom is 0.416 e. The largest absolute Gasteiger partial charge is 0.446 e. The van der Waals surface area contributed by atoms with Gasteiger partial charge in [-0.2, -0.15) is 13.2 Å². The van der Waals surface area contributed by atoms with Crippen LogP contribution in [0.15, 0.2) is 48.5 Å². The first kappa shape index (κ1) is 17.8. The molecule has 0 aliphatic heterocycles. The van der Waals surface area contributed by atoms with Crippen molar-refractivity contribution in [3.63, 3.8) is 0 Å². The lowest BCUT2D eigenvalue weighted by Crippen LogP contribution is -2.15. The fourth-order valence-corrected chi connectivity index (χ4v) is 2.66. The first-order chi connectivity index (χ1) is 12.2. The molecule has 0 aromatic heterocycles. The molecule has 1 aliphatic rings. The van der Waals surface area contributed by atoms with E-state index in [2.05, 4.69) is 5.32 Å². The summed E-state index contributed by atoms with van der Waals surface area (Å²) in [4.78, 5) is 22.9. The summed E-state index contributed by atoms with van der Waals surface area (Å²) < 4.78 is 43.0. The summed E-state index contributed by atoms with van der Waals surface area (Å²) >= 11 is 0. The molecule has 1 aliphatic carbocycles. The lowest BCUT2D eigenvalue weighted by Gasteiger charge is -2.10. The molecule has 2 aromatic rings. The molecule has 1 fully saturated rings. The van der Waals surface area contributed by atoms with E-state index in [1.165, 1.54) is 12.1 Å². The number of alkyl halides is 3. The van der Waals surface area contributed by atoms with Crippen molar-refractivity contribution in [2.75, 3.05) is 5.32 Å². The zero-order chi connectivity index (χ0) is 18.9. The topological polar surface area (TPSA) is 81.4 Å². The molecule has 0 radical (unpaired) electrons. The van der Waals surface area contributed by atoms with Crippen LogP contribution in [0.25, 0.3) is 0 Å². The van der Waals surface area contributed by atoms with E-state index >= 15 is 0 Å². The second kappa shape index (κ2) is 6.70. The molecule has 0 heterocycles. The highest BCUT2D eigenvalue weighted by atomic mass is 19.4. The van der Waals surface area contributed by atoms with Crippen molar-refractivity contribution < 1.29 is 27.5 Å². The standard InChI is InChI=1S/C18H15F3N2O3/c19-18(20,21)12-2-1-3-13(8-12)23-16(24)11-6-4-10(5-7-11)14-9-15(14)26-17(22)25/h1-8,14-15H,9H2,(H2,22,25)(H,23,24)/t14-,15+/m0/s1. The van der Waals surface area contributed by atoms with Gasteiger partial charge in [-0.15, -0.1) is 0 Å². The Labute approximate surface area is 146 Å². The van der Waals surface area contributed by atoms with Crippen LogP contribution in [0.5, 0.6) is 0 Å². The highest BCUT2D eigenvalue weighted by Gasteiger charge is 2.41. The van der Waals surface area contributed by atoms with Gasteiger partial charge in [-0.25, -0.2) is 4.79 Å². The number of nitrogens with one attached hydrogen (secondary N) is 1. The van der Waals surface area contributed by atoms with Crippen LogP contribution >= 0.6 is 0 Å². The second-order valence-corrected chi connectivity index (χ2v) is 5.97. The minimum absolute atomic E-state index is 0.0445. The summed E-state index contributed by atoms with van der Waals surface area (Å²) in [6.45, 7) is 0. The van der Waals surface area contributed by atoms with E-state index in [0.717, 1.165) is 17.7 Å². The smallest absolute Gasteiger partial charge is 0.416 e. The van der Waals surface area contributed by atoms with Gasteiger partial charge in [0.05, 0.1) is 5.56 Å². The molecule has 3 rings (SSSR count). The predicted octanol–water partition coefficient (Wildman–Crippen LogP) is 3.91. The van der Waals surface area contributed by atoms with Gasteiger partial charge in [0, 0.05) is 17.2 Å². The summed E-state index contributed by atoms with van der Waals surface area (Å²) in [5.74, 6) is -0.473. The first-order valence-electron chi connectivity index (χ1n) is 7.78. The van der Waals surface area contributed by atoms with Gasteiger partial charge in [0.2, 0.25) is 0 Å². The molecular formula is C18H15F3N2O3. The van der Waals surface area contributed by atoms with Gasteiger partial charge in [0.1, 0.15) is 6.10 Å². The molecule has 0 bridgehead atoms. The van der Waals surface area contributed by atoms with Crippen LogP contribution in [0.3, 0.4) is 0 Å². The monoisotopic (exact) mass is 364 g/mol. The molecule has 2 amide bonds. The zero-order valence-electron chi connectivity index (χ0n) is 13.4. The maximum absolute atomic E-state index is 12.7. The molecule has 0 unspecified atom stereocenters. The molecule has 8 heteroatoms. The van der Waals surface area contributed by atoms with Crippen molar-refractivity contribution in [2.45, 2.75) is 24.6 Å². The Morgan fingerprint density at radius 1 is 1.12 bits per heavy atom. The maximum atomic E-state index is 12.7. The molecule has 136 valence electrons. The number of primary amides is 1. The van der Waals surface area contributed by atoms with E-state index in [1.54, 1.807) is 24.3 Å². The van der Waals surface area contributed by atoms with Crippen LogP contribution in [0.1, 0.15) is 33.8 Å². The minimum Gasteiger partial charge on any atom is -0.446 e. The van der Waals surface area contributed by atoms with Crippen molar-refractivity contribution in [1.29, 1.82) is 0 Å². The molecule has 1 saturated carbocycles. The average Bonchev–Trinajstić information content (AvgIpc) is 3.33. The minimum atomic E-state index is -4.48. The van der Waals surface area contributed by atoms with Crippen LogP contribution in [0.2, 0.25) is 0 Å². The molecule has 0 saturated heterocycles. The highest BCUT2D eigenvalue weighted by Crippen LogP contribution is 2.43. The number of carbonyl (C=O) groups excluding carboxylic acids is 2. The Kier molecular flexibility index (Phi) is 4.58. The number of carbonyl (C=O) groups is 2. The highest BCUT2D eigenvalue weighted by molar-refractivity contribution is 6.04. The summed E-state index contributed by atoms with van der Waals surface area (Å²) in [6, 6.07) is 11.0. The number of nitrogens with two attached hydrogens (primary N) is 1. The fraction of sp³-hybridized carbons (Fsp3) is 0.222. The summed E-state index contributed by atoms with van der Waals surface area (Å²) in [5.41, 5.74) is 5.39. The quantitative estimate of drug-likeness (QED) is 0.863. The Bertz CT molecular complexity index is 834. The first-order valence-corrected chi connectivity index (χ1v) is 7.78. The Balaban J connectivity index is 1.65. The van der Waals surface area contributed by atoms with E-state index in [4.69, 9.17) is 10.5 Å². The summed E-state index contributed by atoms with van der Waals surface area (Å²) in [6.07, 6.45) is -4.89. The number of benzene rings is 2. The van der Waals surface area contributed by atoms with E-state index in [1.807, 2.05) is 0 Å². The summed E-state index contributed by atoms with van der Waals surface area (Å²) in [5, 5.41) is 2.45. The van der Waals surface area contributed by atoms with Gasteiger partial charge in [-0.05, 0) is 42.3 Å². The number of rotatable bonds is 4. The van der Waals surface area contributed by atoms with Crippen molar-refractivity contribution in [2.24, 2.45) is 5.73 Å². The number of hydrogen-bond donors (Lipinski definition) is 2. The van der Waals surface area contributed by atoms with Crippen molar-refractivity contribution >= 4 is 17.7 Å². The van der Waals surface area contributed by atoms with Crippen molar-refractivity contribution in [1.82, 2.24) is 0 Å². The molecule has 26 heavy (non-hydrogen) atoms. The van der Waals surface area contributed by atoms with Gasteiger partial charge < -0.3 is 15.8 Å². The Morgan fingerprint density at radius 2 is 1.81 bits per heavy atom. The molecule has 2 aromatic carbocycles. The van der Waals surface area contributed by atoms with E-state index < -0.39 is 23.7 Å². The predicted molar refractivity (Wildman–Crippen MR) is 87.7 cm³/mol. The third-order valence-corrected chi connectivity index (χ3v) is 4.05. The Hall–Kier alpha value is -3.03. The third kappa shape index (κ3) is 4.14. The zero-order valence-corrected chi connectivity index (χ0v) is 13.4. The van der Waals surface area contributed by atoms with Crippen LogP contribution < -0.4 is 11.1 Å². The lowest BCUT2D eigenvalue weighted by molar-refractivity contribution is -0.137. The van der Waals surface area contributed by atoms with Crippen LogP contribution in [-0.4, -0.2) is 18.1 Å². The number of anilines is 1. The van der Waals surface area contributed by atoms with Crippen LogP contribution in [0.4, 0.5) is 23.7 Å². The van der Waals surface area contributed by atoms with Crippen molar-refractivity contribution in [3.8, 4) is 0 Å². The molecule has 3 N–H and O–H groups in total. The normalized spacial score (nSPS) is 18.9. The van der Waals surface area contributed by atoms with Gasteiger partial charge >= 0.3 is 12.3 Å². The molecule has 0 spiro atoms. The number of halogens is 3. The number of ether oxygens (including phenoxy) is 1. The average molecular weight is 364 g/mol. The van der Waals surface area contributed by atoms with Gasteiger partial charge in [-0.3, -0.25) is 4.79 Å². The van der Waals surface area contributed by atoms with Crippen LogP contribution in [0, 0.1) is 0 Å². The van der Waals surface area contributed by atoms with Crippen molar-refractivity contribution in [3.05, 3.63) is 65.2 Å². The van der Waals surface area contributed by atoms with E-state index in [-0.39, 0.29) is 17.7 Å². The van der Waals surface area contributed by atoms with Crippen LogP contribution in [-0.2, 0) is 10.9 Å². The summed E-state index contributed by atoms with van der Waals surface area (Å²) in [7, 11) is 0. The number of amides is 2. The SMILES string of the molecule is NC(=O)O[C@@H]1C[C@H]1c1ccc(C(=O)Nc2cccc(C(F)(F)F)c2)cc1. The number of hydrogen-bond acceptors (Lipinski definition) is 3. The van der Waals surface area contributed by atoms with E-state index in [0.29, 0.717) is 12.0 Å². The lowest BCUT2D eigenvalue weighted by atomic mass is 10.1. The molecular weight excluding hydrogens is 349 g/mol. The molecule has 2 atom stereocenters. The second-order valence-electron chi connectivity index (χ2n) is 5.97. The van der Waals surface area contributed by atoms with Gasteiger partial charge in [0.25, 0.3) is 5.91 Å². The molecule has 5 nitrogen and oxygen atoms in total. The fourth-order valence-electron chi connectivity index (χ4n) is 2.66. The van der Waals surface area contributed by atoms with E-state index in [9.17, 15) is 22.8 Å². The van der Waals surface area contributed by atoms with Gasteiger partial charge in [-0.1, -0.05) is 18.2 Å².